The molecule has 18 heavy (non-hydrogen) atoms. The molecule has 0 radical (unpaired) electrons. The third-order valence-electron chi connectivity index (χ3n) is 2.33. The van der Waals surface area contributed by atoms with Gasteiger partial charge in [-0.1, -0.05) is 0 Å². The largest absolute Gasteiger partial charge is 0.478 e. The summed E-state index contributed by atoms with van der Waals surface area (Å²) < 4.78 is 4.74. The number of hydrogen-bond donors (Lipinski definition) is 1. The van der Waals surface area contributed by atoms with Crippen molar-refractivity contribution in [3.8, 4) is 0 Å². The van der Waals surface area contributed by atoms with Crippen LogP contribution < -0.4 is 0 Å². The standard InChI is InChI=1S/C12H13NO5/c1-4-18-12(17)8-5-13-6(2)9(7(3)14)10(8)11(15)16/h5H,4H2,1-3H3,(H,15,16). The van der Waals surface area contributed by atoms with Crippen LogP contribution in [-0.2, 0) is 4.74 Å². The summed E-state index contributed by atoms with van der Waals surface area (Å²) in [5.74, 6) is -2.61. The first kappa shape index (κ1) is 13.8. The van der Waals surface area contributed by atoms with E-state index in [1.807, 2.05) is 0 Å². The second kappa shape index (κ2) is 5.39. The summed E-state index contributed by atoms with van der Waals surface area (Å²) in [5, 5.41) is 9.15. The lowest BCUT2D eigenvalue weighted by atomic mass is 9.99. The van der Waals surface area contributed by atoms with Crippen molar-refractivity contribution >= 4 is 17.7 Å². The molecule has 0 aromatic carbocycles. The summed E-state index contributed by atoms with van der Waals surface area (Å²) in [5.41, 5.74) is -0.352. The van der Waals surface area contributed by atoms with Gasteiger partial charge in [-0.05, 0) is 20.8 Å². The molecule has 1 aromatic heterocycles. The van der Waals surface area contributed by atoms with Crippen molar-refractivity contribution in [2.45, 2.75) is 20.8 Å². The lowest BCUT2D eigenvalue weighted by molar-refractivity contribution is 0.0513. The maximum atomic E-state index is 11.6. The molecule has 0 fully saturated rings. The van der Waals surface area contributed by atoms with Gasteiger partial charge in [-0.25, -0.2) is 9.59 Å². The zero-order chi connectivity index (χ0) is 13.9. The molecular formula is C12H13NO5. The second-order valence-corrected chi connectivity index (χ2v) is 3.59. The summed E-state index contributed by atoms with van der Waals surface area (Å²) in [4.78, 5) is 38.2. The van der Waals surface area contributed by atoms with Gasteiger partial charge in [0.1, 0.15) is 0 Å². The number of carboxylic acids is 1. The van der Waals surface area contributed by atoms with Crippen molar-refractivity contribution in [3.63, 3.8) is 0 Å². The number of Topliss-reactive ketones (excluding diaryl/α,β-unsaturated/α-hetero) is 1. The van der Waals surface area contributed by atoms with Crippen molar-refractivity contribution < 1.29 is 24.2 Å². The van der Waals surface area contributed by atoms with Crippen LogP contribution in [0.4, 0.5) is 0 Å². The van der Waals surface area contributed by atoms with Crippen LogP contribution in [0.3, 0.4) is 0 Å². The van der Waals surface area contributed by atoms with E-state index in [1.54, 1.807) is 6.92 Å². The Morgan fingerprint density at radius 1 is 1.33 bits per heavy atom. The summed E-state index contributed by atoms with van der Waals surface area (Å²) >= 11 is 0. The van der Waals surface area contributed by atoms with E-state index in [-0.39, 0.29) is 29.0 Å². The fourth-order valence-corrected chi connectivity index (χ4v) is 1.62. The van der Waals surface area contributed by atoms with Crippen molar-refractivity contribution in [2.75, 3.05) is 6.61 Å². The van der Waals surface area contributed by atoms with Crippen molar-refractivity contribution in [1.82, 2.24) is 4.98 Å². The zero-order valence-corrected chi connectivity index (χ0v) is 10.3. The van der Waals surface area contributed by atoms with Crippen LogP contribution in [0.1, 0.15) is 50.6 Å². The average Bonchev–Trinajstić information content (AvgIpc) is 2.27. The van der Waals surface area contributed by atoms with Gasteiger partial charge >= 0.3 is 11.9 Å². The lowest BCUT2D eigenvalue weighted by Gasteiger charge is -2.10. The smallest absolute Gasteiger partial charge is 0.340 e. The second-order valence-electron chi connectivity index (χ2n) is 3.59. The van der Waals surface area contributed by atoms with E-state index in [0.29, 0.717) is 0 Å². The van der Waals surface area contributed by atoms with Gasteiger partial charge in [0.05, 0.1) is 23.3 Å². The summed E-state index contributed by atoms with van der Waals surface area (Å²) in [6.07, 6.45) is 1.11. The van der Waals surface area contributed by atoms with Crippen molar-refractivity contribution in [3.05, 3.63) is 28.6 Å². The number of ether oxygens (including phenoxy) is 1. The number of carbonyl (C=O) groups excluding carboxylic acids is 2. The highest BCUT2D eigenvalue weighted by atomic mass is 16.5. The number of ketones is 1. The quantitative estimate of drug-likeness (QED) is 0.643. The molecule has 0 saturated carbocycles. The van der Waals surface area contributed by atoms with Gasteiger partial charge in [-0.3, -0.25) is 9.78 Å². The number of nitrogens with zero attached hydrogens (tertiary/aromatic N) is 1. The summed E-state index contributed by atoms with van der Waals surface area (Å²) in [6.45, 7) is 4.45. The molecule has 0 unspecified atom stereocenters. The molecule has 1 rings (SSSR count). The van der Waals surface area contributed by atoms with E-state index in [0.717, 1.165) is 6.20 Å². The minimum absolute atomic E-state index is 0.0620. The number of esters is 1. The van der Waals surface area contributed by atoms with Gasteiger partial charge < -0.3 is 9.84 Å². The number of aromatic carboxylic acids is 1. The molecule has 1 N–H and O–H groups in total. The molecule has 0 aliphatic rings. The number of carboxylic acid groups (broad SMARTS) is 1. The van der Waals surface area contributed by atoms with Crippen LogP contribution in [0, 0.1) is 6.92 Å². The Bertz CT molecular complexity index is 521. The topological polar surface area (TPSA) is 93.6 Å². The zero-order valence-electron chi connectivity index (χ0n) is 10.3. The highest BCUT2D eigenvalue weighted by Crippen LogP contribution is 2.19. The first-order valence-electron chi connectivity index (χ1n) is 5.31. The molecule has 0 amide bonds. The molecule has 1 aromatic rings. The fraction of sp³-hybridized carbons (Fsp3) is 0.333. The maximum absolute atomic E-state index is 11.6. The minimum atomic E-state index is -1.35. The lowest BCUT2D eigenvalue weighted by Crippen LogP contribution is -2.18. The fourth-order valence-electron chi connectivity index (χ4n) is 1.62. The number of carbonyl (C=O) groups is 3. The predicted molar refractivity (Wildman–Crippen MR) is 61.9 cm³/mol. The van der Waals surface area contributed by atoms with Crippen molar-refractivity contribution in [1.29, 1.82) is 0 Å². The number of pyridine rings is 1. The highest BCUT2D eigenvalue weighted by molar-refractivity contribution is 6.11. The molecule has 6 heteroatoms. The normalized spacial score (nSPS) is 9.94. The number of rotatable bonds is 4. The Morgan fingerprint density at radius 3 is 2.39 bits per heavy atom. The summed E-state index contributed by atoms with van der Waals surface area (Å²) in [6, 6.07) is 0. The first-order valence-corrected chi connectivity index (χ1v) is 5.31. The Morgan fingerprint density at radius 2 is 1.94 bits per heavy atom. The molecule has 0 atom stereocenters. The van der Waals surface area contributed by atoms with Crippen LogP contribution in [0.25, 0.3) is 0 Å². The van der Waals surface area contributed by atoms with E-state index < -0.39 is 17.7 Å². The minimum Gasteiger partial charge on any atom is -0.478 e. The van der Waals surface area contributed by atoms with Gasteiger partial charge in [0, 0.05) is 11.9 Å². The summed E-state index contributed by atoms with van der Waals surface area (Å²) in [7, 11) is 0. The van der Waals surface area contributed by atoms with Crippen LogP contribution in [0.2, 0.25) is 0 Å². The van der Waals surface area contributed by atoms with Crippen molar-refractivity contribution in [2.24, 2.45) is 0 Å². The Labute approximate surface area is 104 Å². The maximum Gasteiger partial charge on any atom is 0.340 e. The van der Waals surface area contributed by atoms with Gasteiger partial charge in [0.2, 0.25) is 0 Å². The molecule has 1 heterocycles. The van der Waals surface area contributed by atoms with Gasteiger partial charge in [0.25, 0.3) is 0 Å². The van der Waals surface area contributed by atoms with E-state index in [4.69, 9.17) is 9.84 Å². The van der Waals surface area contributed by atoms with Gasteiger partial charge in [-0.2, -0.15) is 0 Å². The van der Waals surface area contributed by atoms with Crippen LogP contribution >= 0.6 is 0 Å². The van der Waals surface area contributed by atoms with E-state index in [2.05, 4.69) is 4.98 Å². The molecule has 0 spiro atoms. The Balaban J connectivity index is 3.54. The predicted octanol–water partition coefficient (Wildman–Crippen LogP) is 1.47. The average molecular weight is 251 g/mol. The molecule has 0 saturated heterocycles. The molecule has 6 nitrogen and oxygen atoms in total. The van der Waals surface area contributed by atoms with Crippen LogP contribution in [-0.4, -0.2) is 34.4 Å². The number of aryl methyl sites for hydroxylation is 1. The molecule has 0 bridgehead atoms. The number of hydrogen-bond acceptors (Lipinski definition) is 5. The molecule has 0 aliphatic carbocycles. The number of aromatic nitrogens is 1. The van der Waals surface area contributed by atoms with E-state index in [1.165, 1.54) is 13.8 Å². The van der Waals surface area contributed by atoms with Gasteiger partial charge in [-0.15, -0.1) is 0 Å². The van der Waals surface area contributed by atoms with Gasteiger partial charge in [0.15, 0.2) is 5.78 Å². The Hall–Kier alpha value is -2.24. The third-order valence-corrected chi connectivity index (χ3v) is 2.33. The SMILES string of the molecule is CCOC(=O)c1cnc(C)c(C(C)=O)c1C(=O)O. The molecular weight excluding hydrogens is 238 g/mol. The first-order chi connectivity index (χ1) is 8.40. The Kier molecular flexibility index (Phi) is 4.14. The molecule has 96 valence electrons. The monoisotopic (exact) mass is 251 g/mol. The van der Waals surface area contributed by atoms with E-state index >= 15 is 0 Å². The van der Waals surface area contributed by atoms with Crippen LogP contribution in [0.15, 0.2) is 6.20 Å². The molecule has 0 aliphatic heterocycles. The highest BCUT2D eigenvalue weighted by Gasteiger charge is 2.25. The third kappa shape index (κ3) is 2.53. The van der Waals surface area contributed by atoms with Crippen LogP contribution in [0.5, 0.6) is 0 Å². The van der Waals surface area contributed by atoms with E-state index in [9.17, 15) is 14.4 Å².